The normalized spacial score (nSPS) is 23.2. The Balaban J connectivity index is 1.70. The van der Waals surface area contributed by atoms with Crippen LogP contribution in [0.15, 0.2) is 47.4 Å². The van der Waals surface area contributed by atoms with Crippen molar-refractivity contribution in [3.05, 3.63) is 53.1 Å². The summed E-state index contributed by atoms with van der Waals surface area (Å²) in [7, 11) is -4.35. The molecule has 2 aromatic rings. The number of esters is 1. The zero-order valence-electron chi connectivity index (χ0n) is 26.0. The molecule has 1 aliphatic heterocycles. The van der Waals surface area contributed by atoms with Crippen LogP contribution in [0.25, 0.3) is 0 Å². The Morgan fingerprint density at radius 2 is 1.89 bits per heavy atom. The fourth-order valence-corrected chi connectivity index (χ4v) is 5.85. The lowest BCUT2D eigenvalue weighted by atomic mass is 9.98. The summed E-state index contributed by atoms with van der Waals surface area (Å²) in [6, 6.07) is 8.10. The maximum absolute atomic E-state index is 15.8. The maximum Gasteiger partial charge on any atom is 0.459 e. The molecule has 250 valence electrons. The lowest BCUT2D eigenvalue weighted by molar-refractivity contribution is -0.149. The van der Waals surface area contributed by atoms with Crippen LogP contribution < -0.4 is 20.6 Å². The van der Waals surface area contributed by atoms with Crippen LogP contribution in [0.1, 0.15) is 66.5 Å². The number of alkyl halides is 1. The Labute approximate surface area is 261 Å². The molecule has 16 heteroatoms. The van der Waals surface area contributed by atoms with Gasteiger partial charge in [0.25, 0.3) is 0 Å². The highest BCUT2D eigenvalue weighted by molar-refractivity contribution is 7.52. The Hall–Kier alpha value is -3.36. The minimum Gasteiger partial charge on any atom is -0.462 e. The summed E-state index contributed by atoms with van der Waals surface area (Å²) in [5.41, 5.74) is -3.51. The van der Waals surface area contributed by atoms with E-state index in [1.807, 2.05) is 0 Å². The zero-order valence-corrected chi connectivity index (χ0v) is 26.9. The van der Waals surface area contributed by atoms with Crippen molar-refractivity contribution in [3.63, 3.8) is 0 Å². The second-order valence-corrected chi connectivity index (χ2v) is 12.7. The number of aromatic nitrogens is 2. The average Bonchev–Trinajstić information content (AvgIpc) is 3.19. The third-order valence-corrected chi connectivity index (χ3v) is 8.34. The third kappa shape index (κ3) is 10.3. The first-order chi connectivity index (χ1) is 21.3. The Morgan fingerprint density at radius 1 is 1.18 bits per heavy atom. The number of nitrogens with zero attached hydrogens (tertiary/aromatic N) is 2. The summed E-state index contributed by atoms with van der Waals surface area (Å²) in [6.45, 7) is 7.34. The quantitative estimate of drug-likeness (QED) is 0.131. The monoisotopic (exact) mass is 656 g/mol. The largest absolute Gasteiger partial charge is 0.462 e. The van der Waals surface area contributed by atoms with Crippen molar-refractivity contribution in [1.82, 2.24) is 14.6 Å². The summed E-state index contributed by atoms with van der Waals surface area (Å²) in [4.78, 5) is 41.0. The molecule has 6 atom stereocenters. The van der Waals surface area contributed by atoms with Crippen LogP contribution in [-0.4, -0.2) is 70.0 Å². The van der Waals surface area contributed by atoms with E-state index < -0.39 is 68.4 Å². The summed E-state index contributed by atoms with van der Waals surface area (Å²) in [5.74, 6) is -0.696. The topological polar surface area (TPSA) is 177 Å². The van der Waals surface area contributed by atoms with E-state index in [0.29, 0.717) is 6.42 Å². The second-order valence-electron chi connectivity index (χ2n) is 11.0. The van der Waals surface area contributed by atoms with Gasteiger partial charge in [-0.1, -0.05) is 44.4 Å². The van der Waals surface area contributed by atoms with E-state index in [0.717, 1.165) is 37.0 Å². The molecular weight excluding hydrogens is 614 g/mol. The lowest BCUT2D eigenvalue weighted by Gasteiger charge is -2.25. The van der Waals surface area contributed by atoms with Gasteiger partial charge in [0.15, 0.2) is 11.9 Å². The molecule has 0 saturated carbocycles. The van der Waals surface area contributed by atoms with E-state index in [1.165, 1.54) is 25.1 Å². The van der Waals surface area contributed by atoms with Crippen molar-refractivity contribution in [2.75, 3.05) is 18.5 Å². The van der Waals surface area contributed by atoms with Crippen molar-refractivity contribution >= 4 is 25.6 Å². The second kappa shape index (κ2) is 16.3. The molecule has 14 nitrogen and oxygen atoms in total. The molecule has 0 unspecified atom stereocenters. The SMILES string of the molecule is CCCCCCOC(=O)Nc1ccn([C@@H]2O[C@H](CO[P@@](=O)(N[C@@H](C)C(=O)OC(C)C)Oc3ccccc3)[C@@H](O)[C@@]2(C)F)c(=O)n1. The average molecular weight is 657 g/mol. The molecule has 1 aromatic heterocycles. The van der Waals surface area contributed by atoms with Gasteiger partial charge in [0, 0.05) is 6.20 Å². The molecule has 1 fully saturated rings. The molecule has 2 heterocycles. The highest BCUT2D eigenvalue weighted by Gasteiger charge is 2.56. The highest BCUT2D eigenvalue weighted by Crippen LogP contribution is 2.47. The number of para-hydroxylation sites is 1. The van der Waals surface area contributed by atoms with Crippen molar-refractivity contribution < 1.29 is 46.9 Å². The van der Waals surface area contributed by atoms with Gasteiger partial charge in [-0.3, -0.25) is 19.2 Å². The van der Waals surface area contributed by atoms with Gasteiger partial charge in [-0.25, -0.2) is 18.5 Å². The van der Waals surface area contributed by atoms with Gasteiger partial charge in [-0.15, -0.1) is 0 Å². The number of amides is 1. The van der Waals surface area contributed by atoms with Crippen LogP contribution in [0, 0.1) is 0 Å². The smallest absolute Gasteiger partial charge is 0.459 e. The fourth-order valence-electron chi connectivity index (χ4n) is 4.35. The summed E-state index contributed by atoms with van der Waals surface area (Å²) >= 11 is 0. The highest BCUT2D eigenvalue weighted by atomic mass is 31.2. The van der Waals surface area contributed by atoms with Gasteiger partial charge in [0.1, 0.15) is 29.8 Å². The van der Waals surface area contributed by atoms with Crippen LogP contribution in [0.3, 0.4) is 0 Å². The number of rotatable bonds is 16. The molecule has 0 spiro atoms. The van der Waals surface area contributed by atoms with Crippen molar-refractivity contribution in [1.29, 1.82) is 0 Å². The number of ether oxygens (including phenoxy) is 3. The number of aliphatic hydroxyl groups is 1. The van der Waals surface area contributed by atoms with Gasteiger partial charge in [0.05, 0.1) is 19.3 Å². The number of anilines is 1. The number of unbranched alkanes of at least 4 members (excludes halogenated alkanes) is 3. The maximum atomic E-state index is 15.8. The Kier molecular flexibility index (Phi) is 13.1. The van der Waals surface area contributed by atoms with Gasteiger partial charge >= 0.3 is 25.5 Å². The van der Waals surface area contributed by atoms with Gasteiger partial charge in [0.2, 0.25) is 0 Å². The molecule has 1 amide bonds. The van der Waals surface area contributed by atoms with Crippen molar-refractivity contribution in [3.8, 4) is 5.75 Å². The van der Waals surface area contributed by atoms with Crippen LogP contribution in [0.4, 0.5) is 15.0 Å². The molecule has 1 saturated heterocycles. The van der Waals surface area contributed by atoms with Gasteiger partial charge < -0.3 is 23.8 Å². The Morgan fingerprint density at radius 3 is 2.53 bits per heavy atom. The molecule has 45 heavy (non-hydrogen) atoms. The first-order valence-electron chi connectivity index (χ1n) is 14.8. The third-order valence-electron chi connectivity index (χ3n) is 6.70. The molecule has 0 radical (unpaired) electrons. The summed E-state index contributed by atoms with van der Waals surface area (Å²) in [5, 5.41) is 15.6. The minimum atomic E-state index is -4.35. The predicted molar refractivity (Wildman–Crippen MR) is 161 cm³/mol. The van der Waals surface area contributed by atoms with Crippen LogP contribution in [0.2, 0.25) is 0 Å². The van der Waals surface area contributed by atoms with Crippen LogP contribution >= 0.6 is 7.75 Å². The Bertz CT molecular complexity index is 1380. The van der Waals surface area contributed by atoms with Gasteiger partial charge in [-0.2, -0.15) is 10.1 Å². The number of carbonyl (C=O) groups excluding carboxylic acids is 2. The zero-order chi connectivity index (χ0) is 33.2. The molecule has 0 aliphatic carbocycles. The van der Waals surface area contributed by atoms with Crippen LogP contribution in [-0.2, 0) is 28.1 Å². The van der Waals surface area contributed by atoms with E-state index in [4.69, 9.17) is 23.3 Å². The number of nitrogens with one attached hydrogen (secondary N) is 2. The first kappa shape index (κ1) is 36.1. The van der Waals surface area contributed by atoms with E-state index in [1.54, 1.807) is 32.0 Å². The molecule has 1 aromatic carbocycles. The van der Waals surface area contributed by atoms with E-state index in [9.17, 15) is 24.1 Å². The predicted octanol–water partition coefficient (Wildman–Crippen LogP) is 4.49. The van der Waals surface area contributed by atoms with Gasteiger partial charge in [-0.05, 0) is 52.3 Å². The van der Waals surface area contributed by atoms with Crippen molar-refractivity contribution in [2.45, 2.75) is 96.6 Å². The molecular formula is C29H42FN4O10P. The summed E-state index contributed by atoms with van der Waals surface area (Å²) < 4.78 is 57.4. The molecule has 3 rings (SSSR count). The first-order valence-corrected chi connectivity index (χ1v) is 16.3. The van der Waals surface area contributed by atoms with E-state index >= 15 is 4.39 Å². The number of hydrogen-bond donors (Lipinski definition) is 3. The number of carbonyl (C=O) groups is 2. The lowest BCUT2D eigenvalue weighted by Crippen LogP contribution is -2.43. The van der Waals surface area contributed by atoms with E-state index in [-0.39, 0.29) is 18.2 Å². The number of hydrogen-bond acceptors (Lipinski definition) is 11. The number of halogens is 1. The standard InChI is InChI=1S/C29H42FN4O10P/c1-6-7-8-12-17-40-28(38)32-23-15-16-34(27(37)31-23)26-29(5,30)24(35)22(43-26)18-41-45(39,44-21-13-10-9-11-14-21)33-20(4)25(36)42-19(2)3/h9-11,13-16,19-20,22,24,26,35H,6-8,12,17-18H2,1-5H3,(H,33,39)(H,31,32,37,38)/t20-,22+,24+,26+,29+,45-/m0/s1. The van der Waals surface area contributed by atoms with Crippen LogP contribution in [0.5, 0.6) is 5.75 Å². The summed E-state index contributed by atoms with van der Waals surface area (Å²) in [6.07, 6.45) is -1.33. The number of aliphatic hydroxyl groups excluding tert-OH is 1. The molecule has 1 aliphatic rings. The van der Waals surface area contributed by atoms with Crippen molar-refractivity contribution in [2.24, 2.45) is 0 Å². The molecule has 3 N–H and O–H groups in total. The minimum absolute atomic E-state index is 0.121. The molecule has 0 bridgehead atoms. The van der Waals surface area contributed by atoms with E-state index in [2.05, 4.69) is 22.3 Å². The fraction of sp³-hybridized carbons (Fsp3) is 0.586. The number of benzene rings is 1.